The molecule has 2 aromatic carbocycles. The fourth-order valence-electron chi connectivity index (χ4n) is 3.61. The molecule has 1 amide bonds. The minimum Gasteiger partial charge on any atom is -0.484 e. The molecular weight excluding hydrogens is 369 g/mol. The summed E-state index contributed by atoms with van der Waals surface area (Å²) < 4.78 is 20.6. The summed E-state index contributed by atoms with van der Waals surface area (Å²) in [4.78, 5) is 14.6. The van der Waals surface area contributed by atoms with Crippen LogP contribution in [0.15, 0.2) is 72.9 Å². The molecule has 5 nitrogen and oxygen atoms in total. The second-order valence-corrected chi connectivity index (χ2v) is 7.24. The van der Waals surface area contributed by atoms with E-state index < -0.39 is 0 Å². The number of aromatic nitrogens is 1. The number of hydrogen-bond donors (Lipinski definition) is 1. The molecule has 6 heteroatoms. The van der Waals surface area contributed by atoms with Crippen LogP contribution in [0.25, 0.3) is 0 Å². The molecule has 1 atom stereocenters. The van der Waals surface area contributed by atoms with Gasteiger partial charge in [-0.1, -0.05) is 30.3 Å². The highest BCUT2D eigenvalue weighted by Crippen LogP contribution is 2.20. The van der Waals surface area contributed by atoms with Crippen molar-refractivity contribution in [2.24, 2.45) is 0 Å². The van der Waals surface area contributed by atoms with Gasteiger partial charge < -0.3 is 14.6 Å². The third-order valence-corrected chi connectivity index (χ3v) is 5.16. The number of nitrogens with zero attached hydrogens (tertiary/aromatic N) is 2. The average Bonchev–Trinajstić information content (AvgIpc) is 3.19. The Hall–Kier alpha value is -3.12. The number of nitrogens with one attached hydrogen (secondary N) is 1. The maximum atomic E-state index is 12.9. The lowest BCUT2D eigenvalue weighted by atomic mass is 10.1. The Morgan fingerprint density at radius 1 is 1.07 bits per heavy atom. The molecule has 1 aliphatic rings. The molecule has 29 heavy (non-hydrogen) atoms. The molecule has 0 fully saturated rings. The highest BCUT2D eigenvalue weighted by Gasteiger charge is 2.26. The molecule has 0 spiro atoms. The van der Waals surface area contributed by atoms with Gasteiger partial charge in [0.15, 0.2) is 6.61 Å². The van der Waals surface area contributed by atoms with E-state index in [9.17, 15) is 9.18 Å². The normalized spacial score (nSPS) is 16.2. The Morgan fingerprint density at radius 2 is 1.86 bits per heavy atom. The topological polar surface area (TPSA) is 46.5 Å². The van der Waals surface area contributed by atoms with Gasteiger partial charge in [-0.3, -0.25) is 9.69 Å². The fourth-order valence-corrected chi connectivity index (χ4v) is 3.61. The van der Waals surface area contributed by atoms with Crippen LogP contribution in [0, 0.1) is 5.82 Å². The minimum absolute atomic E-state index is 0.0915. The van der Waals surface area contributed by atoms with Crippen molar-refractivity contribution in [1.82, 2.24) is 14.8 Å². The maximum absolute atomic E-state index is 12.9. The molecule has 150 valence electrons. The smallest absolute Gasteiger partial charge is 0.257 e. The van der Waals surface area contributed by atoms with Gasteiger partial charge in [-0.2, -0.15) is 0 Å². The summed E-state index contributed by atoms with van der Waals surface area (Å²) in [6.45, 7) is 2.95. The lowest BCUT2D eigenvalue weighted by Crippen LogP contribution is -2.49. The zero-order chi connectivity index (χ0) is 20.1. The fraction of sp³-hybridized carbons (Fsp3) is 0.261. The third kappa shape index (κ3) is 5.03. The van der Waals surface area contributed by atoms with E-state index in [-0.39, 0.29) is 24.4 Å². The largest absolute Gasteiger partial charge is 0.484 e. The predicted molar refractivity (Wildman–Crippen MR) is 109 cm³/mol. The molecule has 0 aliphatic carbocycles. The zero-order valence-electron chi connectivity index (χ0n) is 16.1. The lowest BCUT2D eigenvalue weighted by Gasteiger charge is -2.37. The SMILES string of the molecule is O=C(COc1ccc(F)cc1)NCC1Cn2cccc2CN1Cc1ccccc1. The van der Waals surface area contributed by atoms with E-state index in [1.807, 2.05) is 18.2 Å². The third-order valence-electron chi connectivity index (χ3n) is 5.16. The first-order valence-corrected chi connectivity index (χ1v) is 9.74. The van der Waals surface area contributed by atoms with Crippen LogP contribution in [0.5, 0.6) is 5.75 Å². The van der Waals surface area contributed by atoms with Crippen LogP contribution in [0.4, 0.5) is 4.39 Å². The van der Waals surface area contributed by atoms with Crippen molar-refractivity contribution in [3.63, 3.8) is 0 Å². The van der Waals surface area contributed by atoms with E-state index in [4.69, 9.17) is 4.74 Å². The Balaban J connectivity index is 1.34. The van der Waals surface area contributed by atoms with Crippen LogP contribution in [0.2, 0.25) is 0 Å². The number of rotatable bonds is 7. The molecular formula is C23H24FN3O2. The second-order valence-electron chi connectivity index (χ2n) is 7.24. The summed E-state index contributed by atoms with van der Waals surface area (Å²) in [6.07, 6.45) is 2.08. The molecule has 0 radical (unpaired) electrons. The molecule has 1 unspecified atom stereocenters. The molecule has 0 saturated heterocycles. The van der Waals surface area contributed by atoms with Crippen LogP contribution in [0.3, 0.4) is 0 Å². The van der Waals surface area contributed by atoms with E-state index in [1.165, 1.54) is 35.5 Å². The number of amides is 1. The molecule has 1 aliphatic heterocycles. The average molecular weight is 393 g/mol. The van der Waals surface area contributed by atoms with Crippen LogP contribution < -0.4 is 10.1 Å². The Morgan fingerprint density at radius 3 is 2.66 bits per heavy atom. The molecule has 1 aromatic heterocycles. The maximum Gasteiger partial charge on any atom is 0.257 e. The number of carbonyl (C=O) groups is 1. The molecule has 2 heterocycles. The van der Waals surface area contributed by atoms with E-state index in [1.54, 1.807) is 0 Å². The standard InChI is InChI=1S/C23H24FN3O2/c24-19-8-10-22(11-9-19)29-17-23(28)25-13-21-16-26-12-4-7-20(26)15-27(21)14-18-5-2-1-3-6-18/h1-12,21H,13-17H2,(H,25,28). The number of carbonyl (C=O) groups excluding carboxylic acids is 1. The summed E-state index contributed by atoms with van der Waals surface area (Å²) in [5.41, 5.74) is 2.53. The summed E-state index contributed by atoms with van der Waals surface area (Å²) in [6, 6.07) is 20.4. The van der Waals surface area contributed by atoms with Gasteiger partial charge in [0.25, 0.3) is 5.91 Å². The van der Waals surface area contributed by atoms with Crippen LogP contribution in [-0.2, 0) is 24.4 Å². The first-order chi connectivity index (χ1) is 14.2. The summed E-state index contributed by atoms with van der Waals surface area (Å²) >= 11 is 0. The second kappa shape index (κ2) is 8.92. The van der Waals surface area contributed by atoms with Crippen molar-refractivity contribution < 1.29 is 13.9 Å². The van der Waals surface area contributed by atoms with Gasteiger partial charge >= 0.3 is 0 Å². The van der Waals surface area contributed by atoms with Crippen molar-refractivity contribution in [2.75, 3.05) is 13.2 Å². The molecule has 0 bridgehead atoms. The van der Waals surface area contributed by atoms with Crippen molar-refractivity contribution in [3.05, 3.63) is 90.0 Å². The van der Waals surface area contributed by atoms with E-state index in [2.05, 4.69) is 45.2 Å². The van der Waals surface area contributed by atoms with Crippen molar-refractivity contribution in [1.29, 1.82) is 0 Å². The van der Waals surface area contributed by atoms with Gasteiger partial charge in [-0.15, -0.1) is 0 Å². The van der Waals surface area contributed by atoms with E-state index >= 15 is 0 Å². The Bertz CT molecular complexity index is 940. The first-order valence-electron chi connectivity index (χ1n) is 9.74. The van der Waals surface area contributed by atoms with E-state index in [0.29, 0.717) is 12.3 Å². The van der Waals surface area contributed by atoms with Gasteiger partial charge in [-0.25, -0.2) is 4.39 Å². The van der Waals surface area contributed by atoms with Gasteiger partial charge in [-0.05, 0) is 42.0 Å². The van der Waals surface area contributed by atoms with Gasteiger partial charge in [0, 0.05) is 44.1 Å². The van der Waals surface area contributed by atoms with Crippen molar-refractivity contribution in [2.45, 2.75) is 25.7 Å². The van der Waals surface area contributed by atoms with Gasteiger partial charge in [0.2, 0.25) is 0 Å². The molecule has 1 N–H and O–H groups in total. The number of fused-ring (bicyclic) bond motifs is 1. The van der Waals surface area contributed by atoms with Crippen LogP contribution in [0.1, 0.15) is 11.3 Å². The lowest BCUT2D eigenvalue weighted by molar-refractivity contribution is -0.123. The van der Waals surface area contributed by atoms with Crippen molar-refractivity contribution in [3.8, 4) is 5.75 Å². The number of hydrogen-bond acceptors (Lipinski definition) is 3. The van der Waals surface area contributed by atoms with Crippen molar-refractivity contribution >= 4 is 5.91 Å². The Labute approximate surface area is 169 Å². The molecule has 0 saturated carbocycles. The van der Waals surface area contributed by atoms with E-state index in [0.717, 1.165) is 19.6 Å². The summed E-state index contributed by atoms with van der Waals surface area (Å²) in [5, 5.41) is 2.98. The molecule has 3 aromatic rings. The monoisotopic (exact) mass is 393 g/mol. The van der Waals surface area contributed by atoms with Gasteiger partial charge in [0.1, 0.15) is 11.6 Å². The predicted octanol–water partition coefficient (Wildman–Crippen LogP) is 3.21. The quantitative estimate of drug-likeness (QED) is 0.671. The number of ether oxygens (including phenoxy) is 1. The number of benzene rings is 2. The van der Waals surface area contributed by atoms with Crippen LogP contribution >= 0.6 is 0 Å². The summed E-state index contributed by atoms with van der Waals surface area (Å²) in [5.74, 6) is -0.0452. The zero-order valence-corrected chi connectivity index (χ0v) is 16.1. The van der Waals surface area contributed by atoms with Gasteiger partial charge in [0.05, 0.1) is 0 Å². The first kappa shape index (κ1) is 19.2. The Kier molecular flexibility index (Phi) is 5.91. The number of halogens is 1. The summed E-state index contributed by atoms with van der Waals surface area (Å²) in [7, 11) is 0. The highest BCUT2D eigenvalue weighted by molar-refractivity contribution is 5.77. The highest BCUT2D eigenvalue weighted by atomic mass is 19.1. The molecule has 4 rings (SSSR count). The van der Waals surface area contributed by atoms with Crippen LogP contribution in [-0.4, -0.2) is 34.6 Å². The minimum atomic E-state index is -0.331.